The summed E-state index contributed by atoms with van der Waals surface area (Å²) in [5.41, 5.74) is 1.50. The number of carbonyl (C=O) groups is 1. The number of hydrogen-bond donors (Lipinski definition) is 3. The third-order valence-electron chi connectivity index (χ3n) is 4.64. The lowest BCUT2D eigenvalue weighted by atomic mass is 10.2. The summed E-state index contributed by atoms with van der Waals surface area (Å²) in [5, 5.41) is 19.6. The number of nitrogens with zero attached hydrogens (tertiary/aromatic N) is 4. The normalized spacial score (nSPS) is 13.5. The van der Waals surface area contributed by atoms with Crippen LogP contribution in [0.5, 0.6) is 0 Å². The first-order chi connectivity index (χ1) is 14.0. The smallest absolute Gasteiger partial charge is 0.275 e. The van der Waals surface area contributed by atoms with Crippen LogP contribution in [-0.4, -0.2) is 44.0 Å². The molecule has 148 valence electrons. The number of carbonyl (C=O) groups excluding carboxylic acids is 1. The summed E-state index contributed by atoms with van der Waals surface area (Å²) in [4.78, 5) is 27.3. The Morgan fingerprint density at radius 2 is 2.10 bits per heavy atom. The molecule has 29 heavy (non-hydrogen) atoms. The van der Waals surface area contributed by atoms with Crippen molar-refractivity contribution in [1.29, 1.82) is 10.8 Å². The minimum atomic E-state index is -0.364. The zero-order chi connectivity index (χ0) is 20.5. The van der Waals surface area contributed by atoms with Gasteiger partial charge in [-0.1, -0.05) is 6.07 Å². The molecule has 0 radical (unpaired) electrons. The summed E-state index contributed by atoms with van der Waals surface area (Å²) in [5.74, 6) is 0.634. The molecule has 3 aromatic heterocycles. The Morgan fingerprint density at radius 3 is 2.79 bits per heavy atom. The second-order valence-corrected chi connectivity index (χ2v) is 8.27. The first-order valence-corrected chi connectivity index (χ1v) is 10.2. The molecule has 4 rings (SSSR count). The highest BCUT2D eigenvalue weighted by Crippen LogP contribution is 2.43. The van der Waals surface area contributed by atoms with E-state index in [2.05, 4.69) is 20.3 Å². The molecule has 0 aromatic carbocycles. The van der Waals surface area contributed by atoms with Crippen LogP contribution in [0, 0.1) is 10.8 Å². The Bertz CT molecular complexity index is 1100. The summed E-state index contributed by atoms with van der Waals surface area (Å²) in [7, 11) is 0. The molecule has 1 aliphatic rings. The van der Waals surface area contributed by atoms with E-state index in [-0.39, 0.29) is 17.8 Å². The molecular formula is C20H21N7OS. The number of fused-ring (bicyclic) bond motifs is 1. The van der Waals surface area contributed by atoms with Gasteiger partial charge in [0, 0.05) is 12.0 Å². The number of hydrogen-bond acceptors (Lipinski definition) is 7. The van der Waals surface area contributed by atoms with Gasteiger partial charge in [-0.25, -0.2) is 15.0 Å². The van der Waals surface area contributed by atoms with Crippen LogP contribution in [0.1, 0.15) is 53.8 Å². The lowest BCUT2D eigenvalue weighted by molar-refractivity contribution is 0.102. The Morgan fingerprint density at radius 1 is 1.31 bits per heavy atom. The Hall–Kier alpha value is -3.20. The number of aromatic nitrogens is 3. The number of amidine groups is 1. The molecule has 1 aliphatic carbocycles. The Balaban J connectivity index is 1.53. The average Bonchev–Trinajstić information content (AvgIpc) is 3.47. The predicted octanol–water partition coefficient (Wildman–Crippen LogP) is 3.86. The molecule has 0 aliphatic heterocycles. The van der Waals surface area contributed by atoms with Crippen molar-refractivity contribution >= 4 is 45.5 Å². The van der Waals surface area contributed by atoms with Gasteiger partial charge in [0.05, 0.1) is 27.8 Å². The summed E-state index contributed by atoms with van der Waals surface area (Å²) < 4.78 is 0.953. The zero-order valence-electron chi connectivity index (χ0n) is 16.1. The number of anilines is 1. The van der Waals surface area contributed by atoms with Gasteiger partial charge in [-0.15, -0.1) is 11.3 Å². The summed E-state index contributed by atoms with van der Waals surface area (Å²) >= 11 is 1.62. The van der Waals surface area contributed by atoms with E-state index < -0.39 is 0 Å². The standard InChI is InChI=1S/C20H21N7OS/c1-11(2)27(10-21)18(22)13-4-3-5-17(24-13)26-19(28)14-8-16-15(9-23-14)25-20(29-16)12-6-7-12/h3-5,8-12,21-22H,6-7H2,1-2H3,(H,24,26,28). The van der Waals surface area contributed by atoms with Gasteiger partial charge in [-0.3, -0.25) is 15.6 Å². The molecule has 0 unspecified atom stereocenters. The molecule has 0 atom stereocenters. The highest BCUT2D eigenvalue weighted by Gasteiger charge is 2.27. The van der Waals surface area contributed by atoms with Gasteiger partial charge >= 0.3 is 0 Å². The fourth-order valence-corrected chi connectivity index (χ4v) is 4.04. The third kappa shape index (κ3) is 4.00. The highest BCUT2D eigenvalue weighted by atomic mass is 32.1. The van der Waals surface area contributed by atoms with Gasteiger partial charge in [0.1, 0.15) is 17.2 Å². The minimum absolute atomic E-state index is 0.0455. The van der Waals surface area contributed by atoms with Gasteiger partial charge in [0.25, 0.3) is 5.91 Å². The zero-order valence-corrected chi connectivity index (χ0v) is 17.0. The van der Waals surface area contributed by atoms with Gasteiger partial charge < -0.3 is 10.2 Å². The van der Waals surface area contributed by atoms with Gasteiger partial charge in [0.15, 0.2) is 5.84 Å². The minimum Gasteiger partial charge on any atom is -0.314 e. The summed E-state index contributed by atoms with van der Waals surface area (Å²) in [6, 6.07) is 6.77. The molecular weight excluding hydrogens is 386 g/mol. The average molecular weight is 408 g/mol. The second kappa shape index (κ2) is 7.67. The van der Waals surface area contributed by atoms with E-state index in [1.165, 1.54) is 17.7 Å². The molecule has 3 heterocycles. The lowest BCUT2D eigenvalue weighted by Gasteiger charge is -2.23. The van der Waals surface area contributed by atoms with Gasteiger partial charge in [-0.2, -0.15) is 0 Å². The molecule has 1 saturated carbocycles. The predicted molar refractivity (Wildman–Crippen MR) is 114 cm³/mol. The third-order valence-corrected chi connectivity index (χ3v) is 5.82. The number of nitrogens with one attached hydrogen (secondary N) is 3. The monoisotopic (exact) mass is 407 g/mol. The molecule has 0 bridgehead atoms. The molecule has 0 saturated heterocycles. The number of amides is 1. The number of thiazole rings is 1. The molecule has 0 spiro atoms. The van der Waals surface area contributed by atoms with Crippen LogP contribution >= 0.6 is 11.3 Å². The maximum Gasteiger partial charge on any atom is 0.275 e. The maximum atomic E-state index is 12.7. The van der Waals surface area contributed by atoms with E-state index in [0.29, 0.717) is 23.1 Å². The first kappa shape index (κ1) is 19.1. The Kier molecular flexibility index (Phi) is 5.06. The molecule has 1 fully saturated rings. The van der Waals surface area contributed by atoms with Gasteiger partial charge in [0.2, 0.25) is 0 Å². The van der Waals surface area contributed by atoms with Crippen LogP contribution in [0.4, 0.5) is 5.82 Å². The van der Waals surface area contributed by atoms with Crippen molar-refractivity contribution in [1.82, 2.24) is 19.9 Å². The van der Waals surface area contributed by atoms with Crippen molar-refractivity contribution in [2.45, 2.75) is 38.6 Å². The van der Waals surface area contributed by atoms with Crippen molar-refractivity contribution in [3.8, 4) is 0 Å². The van der Waals surface area contributed by atoms with Gasteiger partial charge in [-0.05, 0) is 44.9 Å². The Labute approximate surface area is 172 Å². The first-order valence-electron chi connectivity index (χ1n) is 9.39. The molecule has 8 nitrogen and oxygen atoms in total. The lowest BCUT2D eigenvalue weighted by Crippen LogP contribution is -2.36. The highest BCUT2D eigenvalue weighted by molar-refractivity contribution is 7.18. The van der Waals surface area contributed by atoms with E-state index in [1.54, 1.807) is 41.8 Å². The van der Waals surface area contributed by atoms with Crippen LogP contribution in [0.2, 0.25) is 0 Å². The summed E-state index contributed by atoms with van der Waals surface area (Å²) in [6.45, 7) is 3.78. The van der Waals surface area contributed by atoms with Crippen molar-refractivity contribution in [3.05, 3.63) is 46.9 Å². The van der Waals surface area contributed by atoms with Crippen molar-refractivity contribution in [2.75, 3.05) is 5.32 Å². The fraction of sp³-hybridized carbons (Fsp3) is 0.300. The molecule has 1 amide bonds. The van der Waals surface area contributed by atoms with Crippen LogP contribution in [0.3, 0.4) is 0 Å². The van der Waals surface area contributed by atoms with Crippen LogP contribution in [-0.2, 0) is 0 Å². The van der Waals surface area contributed by atoms with Crippen LogP contribution in [0.25, 0.3) is 10.2 Å². The maximum absolute atomic E-state index is 12.7. The van der Waals surface area contributed by atoms with Crippen LogP contribution in [0.15, 0.2) is 30.5 Å². The van der Waals surface area contributed by atoms with E-state index in [0.717, 1.165) is 21.6 Å². The van der Waals surface area contributed by atoms with E-state index in [1.807, 2.05) is 13.8 Å². The van der Waals surface area contributed by atoms with Crippen molar-refractivity contribution in [3.63, 3.8) is 0 Å². The summed E-state index contributed by atoms with van der Waals surface area (Å²) in [6.07, 6.45) is 5.11. The molecule has 3 aromatic rings. The number of pyridine rings is 2. The quantitative estimate of drug-likeness (QED) is 0.423. The van der Waals surface area contributed by atoms with E-state index in [9.17, 15) is 4.79 Å². The van der Waals surface area contributed by atoms with E-state index in [4.69, 9.17) is 10.8 Å². The topological polar surface area (TPSA) is 119 Å². The molecule has 9 heteroatoms. The second-order valence-electron chi connectivity index (χ2n) is 7.20. The van der Waals surface area contributed by atoms with Crippen molar-refractivity contribution < 1.29 is 4.79 Å². The van der Waals surface area contributed by atoms with Crippen LogP contribution < -0.4 is 5.32 Å². The SMILES string of the molecule is CC(C)N(C=N)C(=N)c1cccc(NC(=O)c2cc3sc(C4CC4)nc3cn2)n1. The largest absolute Gasteiger partial charge is 0.314 e. The van der Waals surface area contributed by atoms with Crippen molar-refractivity contribution in [2.24, 2.45) is 0 Å². The fourth-order valence-electron chi connectivity index (χ4n) is 2.90. The van der Waals surface area contributed by atoms with E-state index >= 15 is 0 Å². The number of rotatable bonds is 6. The molecule has 3 N–H and O–H groups in total.